The van der Waals surface area contributed by atoms with Gasteiger partial charge in [-0.3, -0.25) is 10.1 Å². The number of hydrogen-bond acceptors (Lipinski definition) is 8. The summed E-state index contributed by atoms with van der Waals surface area (Å²) in [6.07, 6.45) is 1.85. The Labute approximate surface area is 212 Å². The summed E-state index contributed by atoms with van der Waals surface area (Å²) in [4.78, 5) is 30.4. The molecule has 1 N–H and O–H groups in total. The van der Waals surface area contributed by atoms with E-state index < -0.39 is 10.5 Å². The molecule has 3 rings (SSSR count). The number of pyridine rings is 1. The van der Waals surface area contributed by atoms with Crippen LogP contribution in [-0.4, -0.2) is 59.7 Å². The van der Waals surface area contributed by atoms with Crippen molar-refractivity contribution < 1.29 is 19.2 Å². The highest BCUT2D eigenvalue weighted by molar-refractivity contribution is 5.86. The molecule has 1 aliphatic rings. The number of aromatic nitrogens is 1. The zero-order valence-corrected chi connectivity index (χ0v) is 21.6. The maximum absolute atomic E-state index is 13.1. The fraction of sp³-hybridized carbons (Fsp3) is 0.478. The monoisotopic (exact) mass is 514 g/mol. The van der Waals surface area contributed by atoms with Gasteiger partial charge in [0.2, 0.25) is 5.88 Å². The Hall–Kier alpha value is -2.62. The third-order valence-electron chi connectivity index (χ3n) is 5.38. The normalized spacial score (nSPS) is 18.7. The lowest BCUT2D eigenvalue weighted by molar-refractivity contribution is -0.384. The van der Waals surface area contributed by atoms with Crippen molar-refractivity contribution in [1.29, 1.82) is 0 Å². The van der Waals surface area contributed by atoms with Gasteiger partial charge in [-0.05, 0) is 52.9 Å². The number of non-ortho nitro benzene ring substituents is 1. The number of halogens is 2. The molecule has 1 aromatic heterocycles. The van der Waals surface area contributed by atoms with Crippen molar-refractivity contribution in [3.63, 3.8) is 0 Å². The Kier molecular flexibility index (Phi) is 10.5. The SMILES string of the molecule is CC(C)Oc1nccc2c1C(c1cccc([N+](=O)[O-])c1)CC(C)(C(=O)OCCN(C)C)N2.Cl.Cl. The van der Waals surface area contributed by atoms with Crippen molar-refractivity contribution in [3.8, 4) is 5.88 Å². The number of rotatable bonds is 8. The Morgan fingerprint density at radius 3 is 2.65 bits per heavy atom. The molecule has 0 aliphatic carbocycles. The van der Waals surface area contributed by atoms with Crippen LogP contribution in [0.3, 0.4) is 0 Å². The average Bonchev–Trinajstić information content (AvgIpc) is 2.72. The van der Waals surface area contributed by atoms with Crippen LogP contribution < -0.4 is 10.1 Å². The minimum absolute atomic E-state index is 0. The number of nitrogens with zero attached hydrogens (tertiary/aromatic N) is 3. The van der Waals surface area contributed by atoms with Crippen LogP contribution in [0.4, 0.5) is 11.4 Å². The van der Waals surface area contributed by atoms with E-state index in [1.807, 2.05) is 38.9 Å². The molecular weight excluding hydrogens is 483 g/mol. The van der Waals surface area contributed by atoms with Gasteiger partial charge >= 0.3 is 5.97 Å². The molecule has 1 aromatic carbocycles. The summed E-state index contributed by atoms with van der Waals surface area (Å²) in [5.41, 5.74) is 1.17. The van der Waals surface area contributed by atoms with E-state index in [0.717, 1.165) is 11.1 Å². The van der Waals surface area contributed by atoms with E-state index in [9.17, 15) is 14.9 Å². The number of carbonyl (C=O) groups is 1. The maximum atomic E-state index is 13.1. The number of ether oxygens (including phenoxy) is 2. The van der Waals surface area contributed by atoms with Crippen LogP contribution in [0.1, 0.15) is 44.2 Å². The fourth-order valence-corrected chi connectivity index (χ4v) is 3.83. The van der Waals surface area contributed by atoms with Gasteiger partial charge in [-0.1, -0.05) is 12.1 Å². The molecule has 11 heteroatoms. The average molecular weight is 515 g/mol. The number of likely N-dealkylation sites (N-methyl/N-ethyl adjacent to an activating group) is 1. The van der Waals surface area contributed by atoms with Crippen molar-refractivity contribution in [2.45, 2.75) is 44.8 Å². The van der Waals surface area contributed by atoms with Gasteiger partial charge in [0.25, 0.3) is 5.69 Å². The van der Waals surface area contributed by atoms with Crippen molar-refractivity contribution >= 4 is 42.2 Å². The smallest absolute Gasteiger partial charge is 0.331 e. The number of hydrogen-bond donors (Lipinski definition) is 1. The summed E-state index contributed by atoms with van der Waals surface area (Å²) >= 11 is 0. The lowest BCUT2D eigenvalue weighted by atomic mass is 9.76. The molecule has 2 unspecified atom stereocenters. The van der Waals surface area contributed by atoms with Crippen LogP contribution in [0.25, 0.3) is 0 Å². The number of carbonyl (C=O) groups excluding carboxylic acids is 1. The second kappa shape index (κ2) is 12.2. The van der Waals surface area contributed by atoms with Gasteiger partial charge in [0, 0.05) is 42.0 Å². The second-order valence-corrected chi connectivity index (χ2v) is 8.75. The molecular formula is C23H32Cl2N4O5. The van der Waals surface area contributed by atoms with Crippen molar-refractivity contribution in [3.05, 3.63) is 57.8 Å². The number of fused-ring (bicyclic) bond motifs is 1. The molecule has 2 heterocycles. The number of nitro benzene ring substituents is 1. The van der Waals surface area contributed by atoms with Crippen LogP contribution in [0.2, 0.25) is 0 Å². The van der Waals surface area contributed by atoms with Gasteiger partial charge in [0.15, 0.2) is 0 Å². The van der Waals surface area contributed by atoms with Crippen LogP contribution in [0, 0.1) is 10.1 Å². The Balaban J connectivity index is 0.00000289. The van der Waals surface area contributed by atoms with Crippen molar-refractivity contribution in [1.82, 2.24) is 9.88 Å². The molecule has 0 amide bonds. The zero-order valence-electron chi connectivity index (χ0n) is 19.9. The van der Waals surface area contributed by atoms with Gasteiger partial charge < -0.3 is 19.7 Å². The molecule has 0 saturated carbocycles. The van der Waals surface area contributed by atoms with Gasteiger partial charge in [-0.2, -0.15) is 0 Å². The van der Waals surface area contributed by atoms with Crippen LogP contribution >= 0.6 is 24.8 Å². The van der Waals surface area contributed by atoms with E-state index in [1.165, 1.54) is 6.07 Å². The molecule has 0 fully saturated rings. The number of esters is 1. The van der Waals surface area contributed by atoms with E-state index in [4.69, 9.17) is 9.47 Å². The highest BCUT2D eigenvalue weighted by Crippen LogP contribution is 2.47. The summed E-state index contributed by atoms with van der Waals surface area (Å²) in [6.45, 7) is 6.50. The summed E-state index contributed by atoms with van der Waals surface area (Å²) in [7, 11) is 3.82. The Bertz CT molecular complexity index is 1010. The quantitative estimate of drug-likeness (QED) is 0.313. The molecule has 0 radical (unpaired) electrons. The largest absolute Gasteiger partial charge is 0.475 e. The van der Waals surface area contributed by atoms with Gasteiger partial charge in [-0.15, -0.1) is 24.8 Å². The molecule has 0 bridgehead atoms. The summed E-state index contributed by atoms with van der Waals surface area (Å²) in [6, 6.07) is 8.27. The molecule has 188 valence electrons. The summed E-state index contributed by atoms with van der Waals surface area (Å²) in [5, 5.41) is 14.7. The lowest BCUT2D eigenvalue weighted by Gasteiger charge is -2.40. The molecule has 1 aliphatic heterocycles. The third-order valence-corrected chi connectivity index (χ3v) is 5.38. The van der Waals surface area contributed by atoms with E-state index in [-0.39, 0.29) is 55.1 Å². The maximum Gasteiger partial charge on any atom is 0.331 e. The van der Waals surface area contributed by atoms with Gasteiger partial charge in [0.1, 0.15) is 12.1 Å². The molecule has 0 spiro atoms. The van der Waals surface area contributed by atoms with E-state index >= 15 is 0 Å². The van der Waals surface area contributed by atoms with Crippen LogP contribution in [0.15, 0.2) is 36.5 Å². The summed E-state index contributed by atoms with van der Waals surface area (Å²) < 4.78 is 11.5. The number of nitro groups is 1. The van der Waals surface area contributed by atoms with E-state index in [1.54, 1.807) is 31.3 Å². The predicted molar refractivity (Wildman–Crippen MR) is 136 cm³/mol. The van der Waals surface area contributed by atoms with Crippen molar-refractivity contribution in [2.24, 2.45) is 0 Å². The van der Waals surface area contributed by atoms with Crippen LogP contribution in [-0.2, 0) is 9.53 Å². The molecule has 2 atom stereocenters. The second-order valence-electron chi connectivity index (χ2n) is 8.75. The van der Waals surface area contributed by atoms with E-state index in [2.05, 4.69) is 10.3 Å². The highest BCUT2D eigenvalue weighted by atomic mass is 35.5. The number of nitrogens with one attached hydrogen (secondary N) is 1. The first-order valence-corrected chi connectivity index (χ1v) is 10.6. The lowest BCUT2D eigenvalue weighted by Crippen LogP contribution is -2.49. The third kappa shape index (κ3) is 6.71. The number of anilines is 1. The fourth-order valence-electron chi connectivity index (χ4n) is 3.83. The molecule has 9 nitrogen and oxygen atoms in total. The van der Waals surface area contributed by atoms with Crippen molar-refractivity contribution in [2.75, 3.05) is 32.6 Å². The van der Waals surface area contributed by atoms with Crippen LogP contribution in [0.5, 0.6) is 5.88 Å². The highest BCUT2D eigenvalue weighted by Gasteiger charge is 2.44. The topological polar surface area (TPSA) is 107 Å². The van der Waals surface area contributed by atoms with Gasteiger partial charge in [-0.25, -0.2) is 9.78 Å². The zero-order chi connectivity index (χ0) is 23.5. The first kappa shape index (κ1) is 29.4. The molecule has 0 saturated heterocycles. The number of benzene rings is 1. The van der Waals surface area contributed by atoms with E-state index in [0.29, 0.717) is 24.5 Å². The first-order valence-electron chi connectivity index (χ1n) is 10.6. The predicted octanol–water partition coefficient (Wildman–Crippen LogP) is 4.43. The minimum Gasteiger partial charge on any atom is -0.475 e. The molecule has 2 aromatic rings. The Morgan fingerprint density at radius 2 is 2.03 bits per heavy atom. The standard InChI is InChI=1S/C23H30N4O5.2ClH/c1-15(2)32-21-20-18(16-7-6-8-17(13-16)27(29)30)14-23(3,25-19(20)9-10-24-21)22(28)31-12-11-26(4)5;;/h6-10,13,15,18,25H,11-12,14H2,1-5H3;2*1H. The minimum atomic E-state index is -1.02. The Morgan fingerprint density at radius 1 is 1.32 bits per heavy atom. The van der Waals surface area contributed by atoms with Gasteiger partial charge in [0.05, 0.1) is 11.0 Å². The first-order chi connectivity index (χ1) is 15.1. The molecule has 34 heavy (non-hydrogen) atoms. The summed E-state index contributed by atoms with van der Waals surface area (Å²) in [5.74, 6) is -0.270.